The molecular weight excluding hydrogens is 282 g/mol. The molecule has 1 aromatic carbocycles. The predicted octanol–water partition coefficient (Wildman–Crippen LogP) is 3.30. The van der Waals surface area contributed by atoms with Crippen molar-refractivity contribution in [3.8, 4) is 0 Å². The van der Waals surface area contributed by atoms with Crippen LogP contribution in [0.2, 0.25) is 5.02 Å². The van der Waals surface area contributed by atoms with Gasteiger partial charge in [0, 0.05) is 42.0 Å². The Bertz CT molecular complexity index is 540. The fourth-order valence-electron chi connectivity index (χ4n) is 2.60. The first-order chi connectivity index (χ1) is 10.1. The highest BCUT2D eigenvalue weighted by Crippen LogP contribution is 2.24. The Morgan fingerprint density at radius 1 is 1.19 bits per heavy atom. The summed E-state index contributed by atoms with van der Waals surface area (Å²) in [6.45, 7) is 2.95. The Morgan fingerprint density at radius 2 is 1.90 bits per heavy atom. The Morgan fingerprint density at radius 3 is 2.48 bits per heavy atom. The summed E-state index contributed by atoms with van der Waals surface area (Å²) in [5.74, 6) is 0. The molecule has 0 saturated carbocycles. The molecule has 0 fully saturated rings. The molecule has 2 unspecified atom stereocenters. The molecule has 1 aromatic heterocycles. The van der Waals surface area contributed by atoms with Crippen LogP contribution < -0.4 is 5.73 Å². The van der Waals surface area contributed by atoms with Gasteiger partial charge in [-0.1, -0.05) is 29.8 Å². The zero-order valence-corrected chi connectivity index (χ0v) is 13.3. The lowest BCUT2D eigenvalue weighted by molar-refractivity contribution is 0.221. The van der Waals surface area contributed by atoms with E-state index < -0.39 is 0 Å². The van der Waals surface area contributed by atoms with Crippen molar-refractivity contribution in [3.63, 3.8) is 0 Å². The summed E-state index contributed by atoms with van der Waals surface area (Å²) in [7, 11) is 2.10. The van der Waals surface area contributed by atoms with Gasteiger partial charge in [0.1, 0.15) is 0 Å². The maximum Gasteiger partial charge on any atom is 0.0493 e. The standard InChI is InChI=1S/C17H22ClN3/c1-13(19)17(14-6-8-15(18)9-7-14)21(2)12-10-16-5-3-4-11-20-16/h3-9,11,13,17H,10,12,19H2,1-2H3. The van der Waals surface area contributed by atoms with Crippen LogP contribution in [-0.4, -0.2) is 29.5 Å². The molecule has 112 valence electrons. The molecule has 2 atom stereocenters. The van der Waals surface area contributed by atoms with E-state index in [1.54, 1.807) is 0 Å². The number of likely N-dealkylation sites (N-methyl/N-ethyl adjacent to an activating group) is 1. The molecule has 0 spiro atoms. The summed E-state index contributed by atoms with van der Waals surface area (Å²) < 4.78 is 0. The fourth-order valence-corrected chi connectivity index (χ4v) is 2.72. The Balaban J connectivity index is 2.05. The molecule has 2 rings (SSSR count). The van der Waals surface area contributed by atoms with Gasteiger partial charge in [0.15, 0.2) is 0 Å². The van der Waals surface area contributed by atoms with E-state index in [0.717, 1.165) is 23.7 Å². The lowest BCUT2D eigenvalue weighted by Gasteiger charge is -2.31. The minimum atomic E-state index is 0.0416. The minimum Gasteiger partial charge on any atom is -0.326 e. The highest BCUT2D eigenvalue weighted by Gasteiger charge is 2.20. The molecule has 2 N–H and O–H groups in total. The molecule has 1 heterocycles. The average molecular weight is 304 g/mol. The first-order valence-corrected chi connectivity index (χ1v) is 7.57. The van der Waals surface area contributed by atoms with Crippen LogP contribution in [-0.2, 0) is 6.42 Å². The van der Waals surface area contributed by atoms with Gasteiger partial charge in [0.2, 0.25) is 0 Å². The molecule has 2 aromatic rings. The van der Waals surface area contributed by atoms with Crippen molar-refractivity contribution in [2.45, 2.75) is 25.4 Å². The van der Waals surface area contributed by atoms with Crippen LogP contribution in [0.3, 0.4) is 0 Å². The number of halogens is 1. The van der Waals surface area contributed by atoms with Gasteiger partial charge < -0.3 is 5.73 Å². The second-order valence-electron chi connectivity index (χ2n) is 5.41. The highest BCUT2D eigenvalue weighted by atomic mass is 35.5. The van der Waals surface area contributed by atoms with Crippen LogP contribution in [0.4, 0.5) is 0 Å². The van der Waals surface area contributed by atoms with E-state index in [9.17, 15) is 0 Å². The number of nitrogens with two attached hydrogens (primary N) is 1. The number of hydrogen-bond donors (Lipinski definition) is 1. The third kappa shape index (κ3) is 4.53. The lowest BCUT2D eigenvalue weighted by Crippen LogP contribution is -2.38. The molecule has 0 radical (unpaired) electrons. The Labute approximate surface area is 131 Å². The molecule has 0 aliphatic rings. The summed E-state index contributed by atoms with van der Waals surface area (Å²) in [5, 5.41) is 0.748. The van der Waals surface area contributed by atoms with Gasteiger partial charge in [0.25, 0.3) is 0 Å². The summed E-state index contributed by atoms with van der Waals surface area (Å²) in [5.41, 5.74) is 8.48. The normalized spacial score (nSPS) is 14.1. The summed E-state index contributed by atoms with van der Waals surface area (Å²) in [6, 6.07) is 14.2. The maximum atomic E-state index is 6.19. The summed E-state index contributed by atoms with van der Waals surface area (Å²) in [6.07, 6.45) is 2.74. The van der Waals surface area contributed by atoms with Crippen LogP contribution in [0.5, 0.6) is 0 Å². The second-order valence-corrected chi connectivity index (χ2v) is 5.84. The highest BCUT2D eigenvalue weighted by molar-refractivity contribution is 6.30. The van der Waals surface area contributed by atoms with Crippen molar-refractivity contribution in [2.75, 3.05) is 13.6 Å². The molecule has 0 saturated heterocycles. The quantitative estimate of drug-likeness (QED) is 0.890. The molecule has 0 bridgehead atoms. The molecule has 0 aliphatic carbocycles. The topological polar surface area (TPSA) is 42.1 Å². The molecule has 0 aliphatic heterocycles. The molecule has 21 heavy (non-hydrogen) atoms. The predicted molar refractivity (Wildman–Crippen MR) is 88.4 cm³/mol. The van der Waals surface area contributed by atoms with Crippen LogP contribution in [0.15, 0.2) is 48.7 Å². The number of aromatic nitrogens is 1. The molecule has 0 amide bonds. The van der Waals surface area contributed by atoms with E-state index in [-0.39, 0.29) is 12.1 Å². The lowest BCUT2D eigenvalue weighted by atomic mass is 9.99. The second kappa shape index (κ2) is 7.55. The average Bonchev–Trinajstić information content (AvgIpc) is 2.48. The number of benzene rings is 1. The third-order valence-electron chi connectivity index (χ3n) is 3.63. The van der Waals surface area contributed by atoms with Gasteiger partial charge in [-0.3, -0.25) is 9.88 Å². The van der Waals surface area contributed by atoms with Crippen molar-refractivity contribution in [1.29, 1.82) is 0 Å². The first-order valence-electron chi connectivity index (χ1n) is 7.19. The first kappa shape index (κ1) is 16.0. The van der Waals surface area contributed by atoms with E-state index in [2.05, 4.69) is 23.0 Å². The Hall–Kier alpha value is -1.42. The van der Waals surface area contributed by atoms with Gasteiger partial charge in [-0.15, -0.1) is 0 Å². The van der Waals surface area contributed by atoms with Gasteiger partial charge in [-0.2, -0.15) is 0 Å². The van der Waals surface area contributed by atoms with Gasteiger partial charge in [-0.05, 0) is 43.8 Å². The number of nitrogens with zero attached hydrogens (tertiary/aromatic N) is 2. The minimum absolute atomic E-state index is 0.0416. The smallest absolute Gasteiger partial charge is 0.0493 e. The summed E-state index contributed by atoms with van der Waals surface area (Å²) >= 11 is 5.96. The fraction of sp³-hybridized carbons (Fsp3) is 0.353. The van der Waals surface area contributed by atoms with E-state index in [1.165, 1.54) is 5.56 Å². The van der Waals surface area contributed by atoms with Crippen LogP contribution in [0.1, 0.15) is 24.2 Å². The maximum absolute atomic E-state index is 6.19. The van der Waals surface area contributed by atoms with Crippen molar-refractivity contribution >= 4 is 11.6 Å². The molecule has 3 nitrogen and oxygen atoms in total. The zero-order chi connectivity index (χ0) is 15.2. The van der Waals surface area contributed by atoms with Crippen LogP contribution >= 0.6 is 11.6 Å². The van der Waals surface area contributed by atoms with Crippen molar-refractivity contribution in [1.82, 2.24) is 9.88 Å². The Kier molecular flexibility index (Phi) is 5.74. The molecular formula is C17H22ClN3. The number of pyridine rings is 1. The summed E-state index contributed by atoms with van der Waals surface area (Å²) in [4.78, 5) is 6.64. The van der Waals surface area contributed by atoms with Crippen molar-refractivity contribution < 1.29 is 0 Å². The SMILES string of the molecule is CC(N)C(c1ccc(Cl)cc1)N(C)CCc1ccccn1. The monoisotopic (exact) mass is 303 g/mol. The number of hydrogen-bond acceptors (Lipinski definition) is 3. The van der Waals surface area contributed by atoms with E-state index in [0.29, 0.717) is 0 Å². The van der Waals surface area contributed by atoms with E-state index >= 15 is 0 Å². The van der Waals surface area contributed by atoms with Crippen molar-refractivity contribution in [2.24, 2.45) is 5.73 Å². The van der Waals surface area contributed by atoms with E-state index in [1.807, 2.05) is 49.5 Å². The zero-order valence-electron chi connectivity index (χ0n) is 12.5. The van der Waals surface area contributed by atoms with Crippen LogP contribution in [0.25, 0.3) is 0 Å². The third-order valence-corrected chi connectivity index (χ3v) is 3.88. The van der Waals surface area contributed by atoms with Crippen LogP contribution in [0, 0.1) is 0 Å². The van der Waals surface area contributed by atoms with Crippen molar-refractivity contribution in [3.05, 3.63) is 64.9 Å². The number of rotatable bonds is 6. The molecule has 4 heteroatoms. The van der Waals surface area contributed by atoms with Gasteiger partial charge >= 0.3 is 0 Å². The largest absolute Gasteiger partial charge is 0.326 e. The van der Waals surface area contributed by atoms with Gasteiger partial charge in [-0.25, -0.2) is 0 Å². The van der Waals surface area contributed by atoms with E-state index in [4.69, 9.17) is 17.3 Å². The van der Waals surface area contributed by atoms with Gasteiger partial charge in [0.05, 0.1) is 0 Å².